The van der Waals surface area contributed by atoms with Crippen LogP contribution in [0, 0.1) is 11.8 Å². The Labute approximate surface area is 129 Å². The summed E-state index contributed by atoms with van der Waals surface area (Å²) in [5, 5.41) is 6.63. The second kappa shape index (κ2) is 5.41. The van der Waals surface area contributed by atoms with E-state index in [1.807, 2.05) is 24.3 Å². The van der Waals surface area contributed by atoms with Gasteiger partial charge in [-0.05, 0) is 35.1 Å². The number of nitrogens with one attached hydrogen (secondary N) is 1. The number of hydrazone groups is 1. The van der Waals surface area contributed by atoms with Crippen LogP contribution in [0.25, 0.3) is 10.8 Å². The topological polar surface area (TPSA) is 41.5 Å². The molecule has 2 aliphatic carbocycles. The molecule has 0 radical (unpaired) electrons. The molecule has 0 heterocycles. The normalized spacial score (nSPS) is 24.3. The number of amides is 1. The van der Waals surface area contributed by atoms with E-state index in [0.29, 0.717) is 18.3 Å². The van der Waals surface area contributed by atoms with Crippen molar-refractivity contribution in [1.82, 2.24) is 5.43 Å². The molecule has 2 unspecified atom stereocenters. The molecule has 110 valence electrons. The summed E-state index contributed by atoms with van der Waals surface area (Å²) < 4.78 is 0. The van der Waals surface area contributed by atoms with E-state index in [1.165, 1.54) is 0 Å². The van der Waals surface area contributed by atoms with E-state index in [-0.39, 0.29) is 5.91 Å². The van der Waals surface area contributed by atoms with E-state index in [4.69, 9.17) is 0 Å². The second-order valence-corrected chi connectivity index (χ2v) is 6.09. The first-order chi connectivity index (χ1) is 10.8. The Morgan fingerprint density at radius 2 is 2.05 bits per heavy atom. The van der Waals surface area contributed by atoms with Crippen LogP contribution in [0.15, 0.2) is 59.7 Å². The molecule has 1 amide bonds. The van der Waals surface area contributed by atoms with Gasteiger partial charge in [0, 0.05) is 11.6 Å². The van der Waals surface area contributed by atoms with Gasteiger partial charge in [-0.2, -0.15) is 5.10 Å². The lowest BCUT2D eigenvalue weighted by atomic mass is 9.74. The molecule has 0 saturated heterocycles. The number of carbonyl (C=O) groups is 1. The fourth-order valence-corrected chi connectivity index (χ4v) is 3.46. The Kier molecular flexibility index (Phi) is 3.26. The summed E-state index contributed by atoms with van der Waals surface area (Å²) in [6, 6.07) is 14.2. The first-order valence-electron chi connectivity index (χ1n) is 7.80. The monoisotopic (exact) mass is 290 g/mol. The van der Waals surface area contributed by atoms with Gasteiger partial charge >= 0.3 is 0 Å². The fourth-order valence-electron chi connectivity index (χ4n) is 3.46. The molecule has 1 N–H and O–H groups in total. The maximum absolute atomic E-state index is 12.2. The van der Waals surface area contributed by atoms with Crippen molar-refractivity contribution in [3.63, 3.8) is 0 Å². The SMILES string of the molecule is O=C(Cc1cccc2ccccc12)N/N=C1/CC2C=CCC12. The predicted molar refractivity (Wildman–Crippen MR) is 88.6 cm³/mol. The van der Waals surface area contributed by atoms with E-state index in [0.717, 1.165) is 34.9 Å². The third-order valence-electron chi connectivity index (χ3n) is 4.72. The second-order valence-electron chi connectivity index (χ2n) is 6.09. The Balaban J connectivity index is 1.44. The molecule has 1 fully saturated rings. The average Bonchev–Trinajstić information content (AvgIpc) is 2.89. The van der Waals surface area contributed by atoms with Crippen molar-refractivity contribution in [2.75, 3.05) is 0 Å². The highest BCUT2D eigenvalue weighted by atomic mass is 16.2. The highest BCUT2D eigenvalue weighted by Crippen LogP contribution is 2.40. The van der Waals surface area contributed by atoms with Gasteiger partial charge in [0.1, 0.15) is 0 Å². The van der Waals surface area contributed by atoms with Crippen molar-refractivity contribution in [3.8, 4) is 0 Å². The summed E-state index contributed by atoms with van der Waals surface area (Å²) in [6.07, 6.45) is 6.92. The molecule has 1 saturated carbocycles. The van der Waals surface area contributed by atoms with E-state index < -0.39 is 0 Å². The molecule has 2 atom stereocenters. The summed E-state index contributed by atoms with van der Waals surface area (Å²) in [6.45, 7) is 0. The highest BCUT2D eigenvalue weighted by molar-refractivity contribution is 5.95. The molecular formula is C19H18N2O. The zero-order valence-electron chi connectivity index (χ0n) is 12.3. The number of hydrogen-bond donors (Lipinski definition) is 1. The van der Waals surface area contributed by atoms with Gasteiger partial charge in [-0.1, -0.05) is 54.6 Å². The van der Waals surface area contributed by atoms with Crippen LogP contribution in [-0.2, 0) is 11.2 Å². The average molecular weight is 290 g/mol. The number of allylic oxidation sites excluding steroid dienone is 2. The molecule has 0 aromatic heterocycles. The summed E-state index contributed by atoms with van der Waals surface area (Å²) in [7, 11) is 0. The van der Waals surface area contributed by atoms with Gasteiger partial charge < -0.3 is 0 Å². The number of benzene rings is 2. The van der Waals surface area contributed by atoms with Crippen LogP contribution in [0.5, 0.6) is 0 Å². The molecule has 22 heavy (non-hydrogen) atoms. The van der Waals surface area contributed by atoms with Crippen LogP contribution in [0.3, 0.4) is 0 Å². The van der Waals surface area contributed by atoms with Crippen molar-refractivity contribution in [2.24, 2.45) is 16.9 Å². The Morgan fingerprint density at radius 1 is 1.18 bits per heavy atom. The van der Waals surface area contributed by atoms with E-state index in [2.05, 4.69) is 40.9 Å². The molecule has 0 spiro atoms. The van der Waals surface area contributed by atoms with Gasteiger partial charge in [0.15, 0.2) is 0 Å². The van der Waals surface area contributed by atoms with E-state index in [1.54, 1.807) is 0 Å². The minimum Gasteiger partial charge on any atom is -0.273 e. The Bertz CT molecular complexity index is 786. The van der Waals surface area contributed by atoms with Crippen molar-refractivity contribution >= 4 is 22.4 Å². The molecule has 0 bridgehead atoms. The number of nitrogens with zero attached hydrogens (tertiary/aromatic N) is 1. The van der Waals surface area contributed by atoms with Crippen molar-refractivity contribution in [1.29, 1.82) is 0 Å². The van der Waals surface area contributed by atoms with Crippen LogP contribution in [0.2, 0.25) is 0 Å². The maximum atomic E-state index is 12.2. The van der Waals surface area contributed by atoms with Gasteiger partial charge in [0.05, 0.1) is 6.42 Å². The molecule has 3 nitrogen and oxygen atoms in total. The number of fused-ring (bicyclic) bond motifs is 2. The standard InChI is InChI=1S/C19H18N2O/c22-19(21-20-18-11-14-8-4-10-17(14)18)12-15-7-3-6-13-5-1-2-9-16(13)15/h1-9,14,17H,10-12H2,(H,21,22)/b20-18-. The zero-order valence-corrected chi connectivity index (χ0v) is 12.3. The minimum absolute atomic E-state index is 0.0433. The van der Waals surface area contributed by atoms with Gasteiger partial charge in [-0.15, -0.1) is 0 Å². The van der Waals surface area contributed by atoms with Gasteiger partial charge in [-0.3, -0.25) is 4.79 Å². The maximum Gasteiger partial charge on any atom is 0.244 e. The Hall–Kier alpha value is -2.42. The first-order valence-corrected chi connectivity index (χ1v) is 7.80. The molecule has 4 rings (SSSR count). The van der Waals surface area contributed by atoms with Crippen LogP contribution in [-0.4, -0.2) is 11.6 Å². The largest absolute Gasteiger partial charge is 0.273 e. The molecule has 0 aliphatic heterocycles. The third-order valence-corrected chi connectivity index (χ3v) is 4.72. The van der Waals surface area contributed by atoms with Crippen molar-refractivity contribution in [3.05, 3.63) is 60.2 Å². The highest BCUT2D eigenvalue weighted by Gasteiger charge is 2.37. The quantitative estimate of drug-likeness (QED) is 0.682. The summed E-state index contributed by atoms with van der Waals surface area (Å²) >= 11 is 0. The van der Waals surface area contributed by atoms with Crippen LogP contribution < -0.4 is 5.43 Å². The summed E-state index contributed by atoms with van der Waals surface area (Å²) in [5.74, 6) is 1.16. The third kappa shape index (κ3) is 2.33. The lowest BCUT2D eigenvalue weighted by Gasteiger charge is -2.31. The molecular weight excluding hydrogens is 272 g/mol. The lowest BCUT2D eigenvalue weighted by Crippen LogP contribution is -2.35. The number of rotatable bonds is 3. The summed E-state index contributed by atoms with van der Waals surface area (Å²) in [5.41, 5.74) is 4.92. The van der Waals surface area contributed by atoms with Crippen molar-refractivity contribution in [2.45, 2.75) is 19.3 Å². The van der Waals surface area contributed by atoms with Gasteiger partial charge in [-0.25, -0.2) is 5.43 Å². The van der Waals surface area contributed by atoms with Gasteiger partial charge in [0.25, 0.3) is 0 Å². The zero-order chi connectivity index (χ0) is 14.9. The van der Waals surface area contributed by atoms with Crippen molar-refractivity contribution < 1.29 is 4.79 Å². The number of carbonyl (C=O) groups excluding carboxylic acids is 1. The molecule has 2 aromatic carbocycles. The molecule has 2 aliphatic rings. The van der Waals surface area contributed by atoms with Crippen LogP contribution >= 0.6 is 0 Å². The van der Waals surface area contributed by atoms with E-state index >= 15 is 0 Å². The van der Waals surface area contributed by atoms with Crippen LogP contribution in [0.4, 0.5) is 0 Å². The fraction of sp³-hybridized carbons (Fsp3) is 0.263. The predicted octanol–water partition coefficient (Wildman–Crippen LogP) is 3.45. The summed E-state index contributed by atoms with van der Waals surface area (Å²) in [4.78, 5) is 12.2. The van der Waals surface area contributed by atoms with Gasteiger partial charge in [0.2, 0.25) is 5.91 Å². The first kappa shape index (κ1) is 13.3. The molecule has 2 aromatic rings. The smallest absolute Gasteiger partial charge is 0.244 e. The lowest BCUT2D eigenvalue weighted by molar-refractivity contribution is -0.120. The minimum atomic E-state index is -0.0433. The molecule has 3 heteroatoms. The van der Waals surface area contributed by atoms with E-state index in [9.17, 15) is 4.79 Å². The number of hydrogen-bond acceptors (Lipinski definition) is 2. The van der Waals surface area contributed by atoms with Crippen LogP contribution in [0.1, 0.15) is 18.4 Å². The Morgan fingerprint density at radius 3 is 2.95 bits per heavy atom.